The summed E-state index contributed by atoms with van der Waals surface area (Å²) in [5, 5.41) is 9.85. The molecule has 5 heteroatoms. The Bertz CT molecular complexity index is 487. The molecule has 2 rings (SSSR count). The number of hydrogen-bond donors (Lipinski definition) is 3. The Morgan fingerprint density at radius 2 is 2.09 bits per heavy atom. The van der Waals surface area contributed by atoms with Crippen molar-refractivity contribution in [3.8, 4) is 0 Å². The van der Waals surface area contributed by atoms with Gasteiger partial charge in [0.2, 0.25) is 0 Å². The Kier molecular flexibility index (Phi) is 7.00. The molecule has 1 aromatic rings. The van der Waals surface area contributed by atoms with E-state index in [1.807, 2.05) is 12.1 Å². The zero-order valence-electron chi connectivity index (χ0n) is 13.3. The highest BCUT2D eigenvalue weighted by Gasteiger charge is 2.12. The first-order valence-electron chi connectivity index (χ1n) is 8.17. The molecule has 0 bridgehead atoms. The molecule has 1 amide bonds. The number of carbonyl (C=O) groups is 1. The van der Waals surface area contributed by atoms with Crippen LogP contribution < -0.4 is 16.0 Å². The predicted molar refractivity (Wildman–Crippen MR) is 92.8 cm³/mol. The lowest BCUT2D eigenvalue weighted by atomic mass is 9.92. The van der Waals surface area contributed by atoms with Crippen molar-refractivity contribution in [2.45, 2.75) is 32.1 Å². The van der Waals surface area contributed by atoms with E-state index in [1.165, 1.54) is 45.2 Å². The first kappa shape index (κ1) is 17.1. The number of rotatable bonds is 7. The Balaban J connectivity index is 1.68. The summed E-state index contributed by atoms with van der Waals surface area (Å²) in [6, 6.07) is 5.49. The van der Waals surface area contributed by atoms with Gasteiger partial charge in [0.1, 0.15) is 0 Å². The van der Waals surface area contributed by atoms with Crippen LogP contribution in [-0.2, 0) is 0 Å². The lowest BCUT2D eigenvalue weighted by Crippen LogP contribution is -2.27. The maximum Gasteiger partial charge on any atom is 0.252 e. The molecule has 1 aromatic carbocycles. The van der Waals surface area contributed by atoms with E-state index in [0.29, 0.717) is 10.6 Å². The quantitative estimate of drug-likeness (QED) is 0.675. The first-order valence-corrected chi connectivity index (χ1v) is 8.54. The maximum atomic E-state index is 11.6. The van der Waals surface area contributed by atoms with Crippen LogP contribution in [0.3, 0.4) is 0 Å². The fourth-order valence-electron chi connectivity index (χ4n) is 2.91. The van der Waals surface area contributed by atoms with Crippen molar-refractivity contribution in [3.05, 3.63) is 28.8 Å². The van der Waals surface area contributed by atoms with Gasteiger partial charge in [-0.25, -0.2) is 0 Å². The van der Waals surface area contributed by atoms with Crippen molar-refractivity contribution in [3.63, 3.8) is 0 Å². The van der Waals surface area contributed by atoms with Crippen LogP contribution in [0.2, 0.25) is 5.02 Å². The fraction of sp³-hybridized carbons (Fsp3) is 0.588. The number of halogens is 1. The maximum absolute atomic E-state index is 11.6. The van der Waals surface area contributed by atoms with Gasteiger partial charge in [0.15, 0.2) is 0 Å². The van der Waals surface area contributed by atoms with Crippen molar-refractivity contribution >= 4 is 23.2 Å². The van der Waals surface area contributed by atoms with Gasteiger partial charge in [-0.15, -0.1) is 0 Å². The molecule has 122 valence electrons. The summed E-state index contributed by atoms with van der Waals surface area (Å²) in [6.45, 7) is 3.30. The van der Waals surface area contributed by atoms with Crippen LogP contribution in [0.15, 0.2) is 18.2 Å². The molecule has 1 saturated heterocycles. The largest absolute Gasteiger partial charge is 0.385 e. The first-order chi connectivity index (χ1) is 10.7. The van der Waals surface area contributed by atoms with Gasteiger partial charge >= 0.3 is 0 Å². The highest BCUT2D eigenvalue weighted by Crippen LogP contribution is 2.22. The van der Waals surface area contributed by atoms with Crippen LogP contribution in [0.1, 0.15) is 42.5 Å². The van der Waals surface area contributed by atoms with Gasteiger partial charge in [-0.2, -0.15) is 0 Å². The Labute approximate surface area is 138 Å². The van der Waals surface area contributed by atoms with E-state index in [-0.39, 0.29) is 5.91 Å². The summed E-state index contributed by atoms with van der Waals surface area (Å²) in [7, 11) is 1.60. The highest BCUT2D eigenvalue weighted by molar-refractivity contribution is 6.34. The van der Waals surface area contributed by atoms with Gasteiger partial charge in [0.25, 0.3) is 5.91 Å². The molecule has 0 atom stereocenters. The number of hydrogen-bond acceptors (Lipinski definition) is 3. The zero-order valence-corrected chi connectivity index (χ0v) is 14.0. The standard InChI is InChI=1S/C17H26ClN3O/c1-19-17(22)15-6-5-14(12-16(15)18)21-9-3-2-4-13-7-10-20-11-8-13/h5-6,12-13,20-21H,2-4,7-11H2,1H3,(H,19,22). The Morgan fingerprint density at radius 3 is 2.77 bits per heavy atom. The van der Waals surface area contributed by atoms with E-state index >= 15 is 0 Å². The molecule has 0 aromatic heterocycles. The van der Waals surface area contributed by atoms with Crippen LogP contribution >= 0.6 is 11.6 Å². The summed E-state index contributed by atoms with van der Waals surface area (Å²) >= 11 is 6.14. The van der Waals surface area contributed by atoms with Gasteiger partial charge in [-0.05, 0) is 56.5 Å². The van der Waals surface area contributed by atoms with Crippen molar-refractivity contribution in [2.75, 3.05) is 32.0 Å². The molecule has 0 saturated carbocycles. The minimum atomic E-state index is -0.154. The minimum Gasteiger partial charge on any atom is -0.385 e. The smallest absolute Gasteiger partial charge is 0.252 e. The third-order valence-corrected chi connectivity index (χ3v) is 4.58. The topological polar surface area (TPSA) is 53.2 Å². The third-order valence-electron chi connectivity index (χ3n) is 4.27. The molecule has 0 aliphatic carbocycles. The molecule has 0 unspecified atom stereocenters. The molecule has 0 radical (unpaired) electrons. The molecule has 22 heavy (non-hydrogen) atoms. The van der Waals surface area contributed by atoms with Gasteiger partial charge in [-0.1, -0.05) is 24.4 Å². The molecule has 1 fully saturated rings. The van der Waals surface area contributed by atoms with Crippen molar-refractivity contribution < 1.29 is 4.79 Å². The van der Waals surface area contributed by atoms with E-state index in [1.54, 1.807) is 13.1 Å². The van der Waals surface area contributed by atoms with Gasteiger partial charge in [0, 0.05) is 19.3 Å². The molecule has 3 N–H and O–H groups in total. The number of amides is 1. The Hall–Kier alpha value is -1.26. The van der Waals surface area contributed by atoms with E-state index in [0.717, 1.165) is 18.2 Å². The summed E-state index contributed by atoms with van der Waals surface area (Å²) in [4.78, 5) is 11.6. The molecular formula is C17H26ClN3O. The van der Waals surface area contributed by atoms with Crippen LogP contribution in [0, 0.1) is 5.92 Å². The van der Waals surface area contributed by atoms with Crippen LogP contribution in [0.5, 0.6) is 0 Å². The summed E-state index contributed by atoms with van der Waals surface area (Å²) in [5.41, 5.74) is 1.49. The number of benzene rings is 1. The van der Waals surface area contributed by atoms with E-state index in [2.05, 4.69) is 16.0 Å². The second-order valence-corrected chi connectivity index (χ2v) is 6.30. The van der Waals surface area contributed by atoms with Gasteiger partial charge in [-0.3, -0.25) is 4.79 Å². The average Bonchev–Trinajstić information content (AvgIpc) is 2.55. The van der Waals surface area contributed by atoms with Crippen molar-refractivity contribution in [1.29, 1.82) is 0 Å². The van der Waals surface area contributed by atoms with E-state index in [4.69, 9.17) is 11.6 Å². The number of carbonyl (C=O) groups excluding carboxylic acids is 1. The van der Waals surface area contributed by atoms with Crippen LogP contribution in [-0.4, -0.2) is 32.6 Å². The fourth-order valence-corrected chi connectivity index (χ4v) is 3.17. The van der Waals surface area contributed by atoms with Crippen LogP contribution in [0.25, 0.3) is 0 Å². The van der Waals surface area contributed by atoms with Crippen molar-refractivity contribution in [2.24, 2.45) is 5.92 Å². The normalized spacial score (nSPS) is 15.5. The monoisotopic (exact) mass is 323 g/mol. The number of nitrogens with one attached hydrogen (secondary N) is 3. The van der Waals surface area contributed by atoms with Crippen molar-refractivity contribution in [1.82, 2.24) is 10.6 Å². The van der Waals surface area contributed by atoms with E-state index in [9.17, 15) is 4.79 Å². The zero-order chi connectivity index (χ0) is 15.8. The SMILES string of the molecule is CNC(=O)c1ccc(NCCCCC2CCNCC2)cc1Cl. The minimum absolute atomic E-state index is 0.154. The summed E-state index contributed by atoms with van der Waals surface area (Å²) in [5.74, 6) is 0.751. The molecule has 1 aliphatic rings. The molecule has 4 nitrogen and oxygen atoms in total. The summed E-state index contributed by atoms with van der Waals surface area (Å²) < 4.78 is 0. The number of unbranched alkanes of at least 4 members (excludes halogenated alkanes) is 1. The van der Waals surface area contributed by atoms with Gasteiger partial charge in [0.05, 0.1) is 10.6 Å². The lowest BCUT2D eigenvalue weighted by molar-refractivity contribution is 0.0963. The molecular weight excluding hydrogens is 298 g/mol. The molecule has 0 spiro atoms. The number of piperidine rings is 1. The predicted octanol–water partition coefficient (Wildman–Crippen LogP) is 3.28. The second-order valence-electron chi connectivity index (χ2n) is 5.89. The lowest BCUT2D eigenvalue weighted by Gasteiger charge is -2.22. The van der Waals surface area contributed by atoms with Crippen LogP contribution in [0.4, 0.5) is 5.69 Å². The van der Waals surface area contributed by atoms with Gasteiger partial charge < -0.3 is 16.0 Å². The highest BCUT2D eigenvalue weighted by atomic mass is 35.5. The number of anilines is 1. The van der Waals surface area contributed by atoms with E-state index < -0.39 is 0 Å². The summed E-state index contributed by atoms with van der Waals surface area (Å²) in [6.07, 6.45) is 6.41. The third kappa shape index (κ3) is 5.18. The molecule has 1 aliphatic heterocycles. The molecule has 1 heterocycles. The Morgan fingerprint density at radius 1 is 1.32 bits per heavy atom. The second kappa shape index (κ2) is 9.01. The average molecular weight is 324 g/mol.